The molecule has 4 rings (SSSR count). The van der Waals surface area contributed by atoms with Crippen molar-refractivity contribution in [1.82, 2.24) is 14.6 Å². The van der Waals surface area contributed by atoms with Crippen molar-refractivity contribution in [3.05, 3.63) is 70.8 Å². The van der Waals surface area contributed by atoms with Crippen LogP contribution in [0.5, 0.6) is 5.88 Å². The first-order valence-electron chi connectivity index (χ1n) is 10.2. The van der Waals surface area contributed by atoms with E-state index in [1.165, 1.54) is 12.1 Å². The molecule has 1 heterocycles. The number of nitrogens with one attached hydrogen (secondary N) is 3. The molecule has 0 fully saturated rings. The Bertz CT molecular complexity index is 1310. The first kappa shape index (κ1) is 21.9. The molecular formula is C23H24N4O4S. The Labute approximate surface area is 186 Å². The third kappa shape index (κ3) is 3.75. The van der Waals surface area contributed by atoms with E-state index >= 15 is 0 Å². The first-order chi connectivity index (χ1) is 15.2. The van der Waals surface area contributed by atoms with E-state index in [2.05, 4.69) is 9.71 Å². The minimum Gasteiger partial charge on any atom is -0.494 e. The first-order valence-corrected chi connectivity index (χ1v) is 11.7. The van der Waals surface area contributed by atoms with Gasteiger partial charge in [-0.1, -0.05) is 43.3 Å². The maximum Gasteiger partial charge on any atom is 0.240 e. The maximum absolute atomic E-state index is 13.1. The molecule has 1 aliphatic carbocycles. The molecule has 1 aliphatic rings. The van der Waals surface area contributed by atoms with Gasteiger partial charge in [0.05, 0.1) is 27.4 Å². The molecule has 0 saturated heterocycles. The monoisotopic (exact) mass is 452 g/mol. The SMILES string of the molecule is CCN(C)CCNS(=O)(=O)c1ccc(-c2[nH]c(O)c3c2C(=O)c2ccccc2C3=N)cc1. The van der Waals surface area contributed by atoms with Crippen molar-refractivity contribution < 1.29 is 18.3 Å². The fraction of sp³-hybridized carbons (Fsp3) is 0.217. The van der Waals surface area contributed by atoms with E-state index in [9.17, 15) is 18.3 Å². The van der Waals surface area contributed by atoms with Crippen LogP contribution in [0.15, 0.2) is 53.4 Å². The van der Waals surface area contributed by atoms with Gasteiger partial charge in [-0.25, -0.2) is 13.1 Å². The number of H-pyrrole nitrogens is 1. The highest BCUT2D eigenvalue weighted by Gasteiger charge is 2.34. The minimum atomic E-state index is -3.67. The average Bonchev–Trinajstić information content (AvgIpc) is 3.15. The van der Waals surface area contributed by atoms with Crippen molar-refractivity contribution in [1.29, 1.82) is 5.41 Å². The molecule has 32 heavy (non-hydrogen) atoms. The molecule has 0 radical (unpaired) electrons. The molecule has 3 aromatic rings. The molecule has 9 heteroatoms. The van der Waals surface area contributed by atoms with Gasteiger partial charge in [0.2, 0.25) is 10.0 Å². The number of hydrogen-bond donors (Lipinski definition) is 4. The van der Waals surface area contributed by atoms with E-state index in [1.54, 1.807) is 36.4 Å². The zero-order valence-electron chi connectivity index (χ0n) is 17.8. The van der Waals surface area contributed by atoms with Crippen LogP contribution in [0.1, 0.15) is 34.0 Å². The highest BCUT2D eigenvalue weighted by atomic mass is 32.2. The molecule has 0 unspecified atom stereocenters. The summed E-state index contributed by atoms with van der Waals surface area (Å²) in [5, 5.41) is 18.9. The van der Waals surface area contributed by atoms with Gasteiger partial charge in [0.25, 0.3) is 0 Å². The van der Waals surface area contributed by atoms with E-state index in [-0.39, 0.29) is 33.4 Å². The van der Waals surface area contributed by atoms with E-state index in [0.717, 1.165) is 6.54 Å². The fourth-order valence-electron chi connectivity index (χ4n) is 3.76. The number of aromatic amines is 1. The molecule has 166 valence electrons. The smallest absolute Gasteiger partial charge is 0.240 e. The van der Waals surface area contributed by atoms with Gasteiger partial charge in [0.15, 0.2) is 11.7 Å². The molecule has 1 aromatic heterocycles. The van der Waals surface area contributed by atoms with Crippen molar-refractivity contribution in [2.75, 3.05) is 26.7 Å². The van der Waals surface area contributed by atoms with Gasteiger partial charge >= 0.3 is 0 Å². The third-order valence-corrected chi connectivity index (χ3v) is 7.15. The number of sulfonamides is 1. The highest BCUT2D eigenvalue weighted by Crippen LogP contribution is 2.39. The summed E-state index contributed by atoms with van der Waals surface area (Å²) in [6.45, 7) is 3.71. The third-order valence-electron chi connectivity index (χ3n) is 5.68. The van der Waals surface area contributed by atoms with Gasteiger partial charge in [-0.3, -0.25) is 10.2 Å². The zero-order valence-corrected chi connectivity index (χ0v) is 18.6. The lowest BCUT2D eigenvalue weighted by atomic mass is 9.84. The van der Waals surface area contributed by atoms with Crippen LogP contribution < -0.4 is 4.72 Å². The molecule has 0 atom stereocenters. The lowest BCUT2D eigenvalue weighted by Gasteiger charge is -2.17. The van der Waals surface area contributed by atoms with Gasteiger partial charge in [-0.2, -0.15) is 0 Å². The summed E-state index contributed by atoms with van der Waals surface area (Å²) in [6.07, 6.45) is 0. The van der Waals surface area contributed by atoms with Crippen molar-refractivity contribution in [2.45, 2.75) is 11.8 Å². The van der Waals surface area contributed by atoms with Crippen molar-refractivity contribution >= 4 is 21.5 Å². The highest BCUT2D eigenvalue weighted by molar-refractivity contribution is 7.89. The lowest BCUT2D eigenvalue weighted by Crippen LogP contribution is -2.32. The van der Waals surface area contributed by atoms with Crippen LogP contribution in [0, 0.1) is 5.41 Å². The number of ketones is 1. The number of rotatable bonds is 7. The van der Waals surface area contributed by atoms with Gasteiger partial charge in [-0.05, 0) is 31.3 Å². The molecule has 0 bridgehead atoms. The number of benzene rings is 2. The van der Waals surface area contributed by atoms with Crippen LogP contribution in [0.3, 0.4) is 0 Å². The normalized spacial score (nSPS) is 13.3. The number of aromatic hydroxyl groups is 1. The number of carbonyl (C=O) groups is 1. The molecule has 0 saturated carbocycles. The van der Waals surface area contributed by atoms with Crippen molar-refractivity contribution in [3.8, 4) is 17.1 Å². The van der Waals surface area contributed by atoms with E-state index in [0.29, 0.717) is 35.5 Å². The minimum absolute atomic E-state index is 0.0654. The molecule has 2 aromatic carbocycles. The topological polar surface area (TPSA) is 126 Å². The Morgan fingerprint density at radius 3 is 2.38 bits per heavy atom. The molecule has 0 spiro atoms. The zero-order chi connectivity index (χ0) is 23.0. The largest absolute Gasteiger partial charge is 0.494 e. The van der Waals surface area contributed by atoms with Crippen LogP contribution in [0.2, 0.25) is 0 Å². The summed E-state index contributed by atoms with van der Waals surface area (Å²) in [5.74, 6) is -0.558. The van der Waals surface area contributed by atoms with Gasteiger partial charge in [-0.15, -0.1) is 0 Å². The number of fused-ring (bicyclic) bond motifs is 2. The fourth-order valence-corrected chi connectivity index (χ4v) is 4.78. The summed E-state index contributed by atoms with van der Waals surface area (Å²) < 4.78 is 27.7. The predicted molar refractivity (Wildman–Crippen MR) is 122 cm³/mol. The van der Waals surface area contributed by atoms with Gasteiger partial charge in [0, 0.05) is 24.2 Å². The number of hydrogen-bond acceptors (Lipinski definition) is 6. The summed E-state index contributed by atoms with van der Waals surface area (Å²) in [7, 11) is -1.76. The number of nitrogens with zero attached hydrogens (tertiary/aromatic N) is 1. The van der Waals surface area contributed by atoms with Gasteiger partial charge in [0.1, 0.15) is 0 Å². The predicted octanol–water partition coefficient (Wildman–Crippen LogP) is 2.58. The second kappa shape index (κ2) is 8.34. The average molecular weight is 453 g/mol. The van der Waals surface area contributed by atoms with Crippen LogP contribution in [0.25, 0.3) is 11.3 Å². The standard InChI is InChI=1S/C23H24N4O4S/c1-3-27(2)13-12-25-32(30,31)15-10-8-14(9-11-15)21-19-18(23(29)26-21)20(24)16-6-4-5-7-17(16)22(19)28/h4-11,24-26,29H,3,12-13H2,1-2H3. The van der Waals surface area contributed by atoms with Crippen molar-refractivity contribution in [2.24, 2.45) is 0 Å². The van der Waals surface area contributed by atoms with Crippen LogP contribution in [-0.2, 0) is 10.0 Å². The van der Waals surface area contributed by atoms with Crippen LogP contribution in [0.4, 0.5) is 0 Å². The Kier molecular flexibility index (Phi) is 5.72. The summed E-state index contributed by atoms with van der Waals surface area (Å²) in [4.78, 5) is 18.1. The quantitative estimate of drug-likeness (QED) is 0.343. The molecule has 0 amide bonds. The molecule has 4 N–H and O–H groups in total. The lowest BCUT2D eigenvalue weighted by molar-refractivity contribution is 0.103. The number of likely N-dealkylation sites (N-methyl/N-ethyl adjacent to an activating group) is 1. The van der Waals surface area contributed by atoms with Gasteiger partial charge < -0.3 is 15.0 Å². The van der Waals surface area contributed by atoms with E-state index in [4.69, 9.17) is 5.41 Å². The van der Waals surface area contributed by atoms with Crippen LogP contribution in [-0.4, -0.2) is 61.6 Å². The number of aromatic nitrogens is 1. The second-order valence-electron chi connectivity index (χ2n) is 7.67. The molecular weight excluding hydrogens is 428 g/mol. The summed E-state index contributed by atoms with van der Waals surface area (Å²) >= 11 is 0. The second-order valence-corrected chi connectivity index (χ2v) is 9.43. The maximum atomic E-state index is 13.1. The number of carbonyl (C=O) groups excluding carboxylic acids is 1. The summed E-state index contributed by atoms with van der Waals surface area (Å²) in [5.41, 5.74) is 2.17. The molecule has 8 nitrogen and oxygen atoms in total. The Morgan fingerprint density at radius 2 is 1.72 bits per heavy atom. The summed E-state index contributed by atoms with van der Waals surface area (Å²) in [6, 6.07) is 12.9. The molecule has 0 aliphatic heterocycles. The van der Waals surface area contributed by atoms with Crippen LogP contribution >= 0.6 is 0 Å². The van der Waals surface area contributed by atoms with E-state index < -0.39 is 10.0 Å². The van der Waals surface area contributed by atoms with Crippen molar-refractivity contribution in [3.63, 3.8) is 0 Å². The Morgan fingerprint density at radius 1 is 1.06 bits per heavy atom. The Balaban J connectivity index is 1.65. The van der Waals surface area contributed by atoms with E-state index in [1.807, 2.05) is 18.9 Å². The Hall–Kier alpha value is -3.27.